The largest absolute Gasteiger partial charge is 0.354 e. The second-order valence-electron chi connectivity index (χ2n) is 12.7. The fourth-order valence-corrected chi connectivity index (χ4v) is 7.69. The van der Waals surface area contributed by atoms with Gasteiger partial charge < -0.3 is 9.97 Å². The normalized spacial score (nSPS) is 11.9. The Bertz CT molecular complexity index is 2670. The highest BCUT2D eigenvalue weighted by Gasteiger charge is 2.19. The number of hydrogen-bond acceptors (Lipinski definition) is 4. The van der Waals surface area contributed by atoms with E-state index in [0.29, 0.717) is 0 Å². The van der Waals surface area contributed by atoms with Crippen molar-refractivity contribution in [2.75, 3.05) is 0 Å². The molecule has 0 unspecified atom stereocenters. The molecule has 2 N–H and O–H groups in total. The van der Waals surface area contributed by atoms with Crippen LogP contribution >= 0.6 is 11.8 Å². The summed E-state index contributed by atoms with van der Waals surface area (Å²) in [6.07, 6.45) is 8.44. The fourth-order valence-electron chi connectivity index (χ4n) is 7.09. The van der Waals surface area contributed by atoms with Gasteiger partial charge in [-0.2, -0.15) is 0 Å². The van der Waals surface area contributed by atoms with E-state index in [9.17, 15) is 4.79 Å². The third kappa shape index (κ3) is 5.89. The first-order valence-electron chi connectivity index (χ1n) is 17.2. The maximum atomic E-state index is 11.9. The summed E-state index contributed by atoms with van der Waals surface area (Å²) in [5, 5.41) is 0.0552. The number of thioether (sulfide) groups is 1. The summed E-state index contributed by atoms with van der Waals surface area (Å²) in [5.74, 6) is 0. The molecule has 0 amide bonds. The van der Waals surface area contributed by atoms with E-state index in [1.165, 1.54) is 11.8 Å². The summed E-state index contributed by atoms with van der Waals surface area (Å²) in [4.78, 5) is 31.1. The van der Waals surface area contributed by atoms with Gasteiger partial charge in [0.15, 0.2) is 5.12 Å². The molecule has 0 spiro atoms. The van der Waals surface area contributed by atoms with Gasteiger partial charge in [0.1, 0.15) is 0 Å². The summed E-state index contributed by atoms with van der Waals surface area (Å²) >= 11 is 1.23. The van der Waals surface area contributed by atoms with Crippen molar-refractivity contribution in [1.82, 2.24) is 19.9 Å². The van der Waals surface area contributed by atoms with Gasteiger partial charge in [0.05, 0.1) is 22.8 Å². The van der Waals surface area contributed by atoms with E-state index >= 15 is 0 Å². The monoisotopic (exact) mass is 688 g/mol. The van der Waals surface area contributed by atoms with Crippen LogP contribution in [0.2, 0.25) is 0 Å². The average Bonchev–Trinajstić information content (AvgIpc) is 4.01. The summed E-state index contributed by atoms with van der Waals surface area (Å²) in [5.41, 5.74) is 15.5. The molecule has 248 valence electrons. The topological polar surface area (TPSA) is 74.4 Å². The highest BCUT2D eigenvalue weighted by atomic mass is 32.2. The lowest BCUT2D eigenvalue weighted by Crippen LogP contribution is -1.90. The fraction of sp³-hybridized carbons (Fsp3) is 0.0217. The molecule has 0 fully saturated rings. The van der Waals surface area contributed by atoms with Crippen LogP contribution in [0.25, 0.3) is 90.9 Å². The van der Waals surface area contributed by atoms with Gasteiger partial charge in [-0.3, -0.25) is 4.79 Å². The first-order valence-corrected chi connectivity index (χ1v) is 18.0. The smallest absolute Gasteiger partial charge is 0.190 e. The van der Waals surface area contributed by atoms with Crippen molar-refractivity contribution in [1.29, 1.82) is 0 Å². The molecular weight excluding hydrogens is 657 g/mol. The van der Waals surface area contributed by atoms with Crippen LogP contribution in [0.4, 0.5) is 0 Å². The van der Waals surface area contributed by atoms with Crippen LogP contribution in [0.1, 0.15) is 29.7 Å². The van der Waals surface area contributed by atoms with Gasteiger partial charge in [-0.25, -0.2) is 9.97 Å². The molecule has 2 aliphatic heterocycles. The molecular formula is C46H32N4OS. The number of H-pyrrole nitrogens is 2. The van der Waals surface area contributed by atoms with Gasteiger partial charge >= 0.3 is 0 Å². The maximum absolute atomic E-state index is 11.9. The van der Waals surface area contributed by atoms with Crippen molar-refractivity contribution in [3.8, 4) is 44.5 Å². The summed E-state index contributed by atoms with van der Waals surface area (Å²) in [7, 11) is 0. The molecule has 5 nitrogen and oxygen atoms in total. The van der Waals surface area contributed by atoms with Crippen LogP contribution in [0.5, 0.6) is 0 Å². The third-order valence-electron chi connectivity index (χ3n) is 9.35. The van der Waals surface area contributed by atoms with Gasteiger partial charge in [-0.1, -0.05) is 115 Å². The van der Waals surface area contributed by atoms with Crippen LogP contribution in [0.3, 0.4) is 0 Å². The van der Waals surface area contributed by atoms with Crippen LogP contribution in [0, 0.1) is 0 Å². The quantitative estimate of drug-likeness (QED) is 0.177. The van der Waals surface area contributed by atoms with Crippen molar-refractivity contribution in [2.24, 2.45) is 0 Å². The summed E-state index contributed by atoms with van der Waals surface area (Å²) < 4.78 is 0. The lowest BCUT2D eigenvalue weighted by molar-refractivity contribution is -0.109. The Labute approximate surface area is 305 Å². The van der Waals surface area contributed by atoms with Gasteiger partial charge in [-0.05, 0) is 83.0 Å². The molecule has 2 aliphatic rings. The highest BCUT2D eigenvalue weighted by Crippen LogP contribution is 2.38. The maximum Gasteiger partial charge on any atom is 0.190 e. The number of aromatic amines is 2. The molecule has 8 bridgehead atoms. The van der Waals surface area contributed by atoms with E-state index in [2.05, 4.69) is 143 Å². The van der Waals surface area contributed by atoms with Crippen LogP contribution < -0.4 is 0 Å². The first-order chi connectivity index (χ1) is 25.6. The molecule has 0 saturated heterocycles. The molecule has 5 heterocycles. The standard InChI is InChI=1S/C46H32N4OS/c1-29(51)52-34-19-17-33(18-20-34)46-41-27-25-39(49-41)44(31-13-7-3-8-14-31)37-23-21-35(47-37)43(30-11-5-2-6-12-30)36-22-24-38(48-36)45(32-15-9-4-10-16-32)40-26-28-42(46)50-40/h2-28,47,50H,1H3. The lowest BCUT2D eigenvalue weighted by atomic mass is 10.0. The Hall–Kier alpha value is -6.50. The SMILES string of the molecule is CC(=O)Sc1ccc(-c2c3nc(c(-c4ccccc4)c4ccc([nH]4)c(-c4ccccc4)c4nc(c(-c5ccccc5)c5ccc2[nH]5)C=C4)C=C3)cc1. The Morgan fingerprint density at radius 3 is 1.04 bits per heavy atom. The summed E-state index contributed by atoms with van der Waals surface area (Å²) in [6, 6.07) is 48.0. The van der Waals surface area contributed by atoms with Gasteiger partial charge in [-0.15, -0.1) is 0 Å². The number of nitrogens with one attached hydrogen (secondary N) is 2. The van der Waals surface area contributed by atoms with Gasteiger partial charge in [0.25, 0.3) is 0 Å². The van der Waals surface area contributed by atoms with Crippen molar-refractivity contribution < 1.29 is 4.79 Å². The van der Waals surface area contributed by atoms with E-state index in [-0.39, 0.29) is 5.12 Å². The zero-order chi connectivity index (χ0) is 35.0. The molecule has 9 rings (SSSR count). The van der Waals surface area contributed by atoms with Crippen LogP contribution in [0.15, 0.2) is 144 Å². The zero-order valence-corrected chi connectivity index (χ0v) is 29.1. The van der Waals surface area contributed by atoms with Gasteiger partial charge in [0.2, 0.25) is 0 Å². The Morgan fingerprint density at radius 2 is 0.731 bits per heavy atom. The number of fused-ring (bicyclic) bond motifs is 8. The Balaban J connectivity index is 1.44. The lowest BCUT2D eigenvalue weighted by Gasteiger charge is -2.07. The minimum atomic E-state index is 0.0552. The molecule has 0 radical (unpaired) electrons. The highest BCUT2D eigenvalue weighted by molar-refractivity contribution is 8.13. The molecule has 6 heteroatoms. The summed E-state index contributed by atoms with van der Waals surface area (Å²) in [6.45, 7) is 1.59. The molecule has 0 aliphatic carbocycles. The predicted molar refractivity (Wildman–Crippen MR) is 217 cm³/mol. The van der Waals surface area contributed by atoms with Crippen molar-refractivity contribution >= 4 is 63.2 Å². The van der Waals surface area contributed by atoms with E-state index in [1.54, 1.807) is 6.92 Å². The minimum Gasteiger partial charge on any atom is -0.354 e. The minimum absolute atomic E-state index is 0.0552. The zero-order valence-electron chi connectivity index (χ0n) is 28.3. The van der Waals surface area contributed by atoms with Crippen molar-refractivity contribution in [3.05, 3.63) is 162 Å². The molecule has 3 aromatic heterocycles. The molecule has 0 atom stereocenters. The number of benzene rings is 4. The number of carbonyl (C=O) groups is 1. The Morgan fingerprint density at radius 1 is 0.423 bits per heavy atom. The van der Waals surface area contributed by atoms with Crippen LogP contribution in [-0.4, -0.2) is 25.1 Å². The molecule has 52 heavy (non-hydrogen) atoms. The van der Waals surface area contributed by atoms with E-state index in [0.717, 1.165) is 94.2 Å². The van der Waals surface area contributed by atoms with Gasteiger partial charge in [0, 0.05) is 56.1 Å². The number of aromatic nitrogens is 4. The number of nitrogens with zero attached hydrogens (tertiary/aromatic N) is 2. The second-order valence-corrected chi connectivity index (χ2v) is 14.0. The number of hydrogen-bond donors (Lipinski definition) is 2. The molecule has 0 saturated carbocycles. The predicted octanol–water partition coefficient (Wildman–Crippen LogP) is 12.0. The van der Waals surface area contributed by atoms with Crippen LogP contribution in [-0.2, 0) is 4.79 Å². The van der Waals surface area contributed by atoms with E-state index in [4.69, 9.17) is 9.97 Å². The Kier molecular flexibility index (Phi) is 8.07. The number of carbonyl (C=O) groups excluding carboxylic acids is 1. The van der Waals surface area contributed by atoms with E-state index < -0.39 is 0 Å². The first kappa shape index (κ1) is 31.5. The molecule has 7 aromatic rings. The third-order valence-corrected chi connectivity index (χ3v) is 10.1. The van der Waals surface area contributed by atoms with Crippen molar-refractivity contribution in [2.45, 2.75) is 11.8 Å². The van der Waals surface area contributed by atoms with Crippen molar-refractivity contribution in [3.63, 3.8) is 0 Å². The number of rotatable bonds is 5. The second kappa shape index (κ2) is 13.3. The average molecular weight is 689 g/mol. The molecule has 4 aromatic carbocycles. The van der Waals surface area contributed by atoms with E-state index in [1.807, 2.05) is 30.3 Å².